The van der Waals surface area contributed by atoms with E-state index in [1.165, 1.54) is 14.2 Å². The summed E-state index contributed by atoms with van der Waals surface area (Å²) < 4.78 is 29.3. The zero-order valence-corrected chi connectivity index (χ0v) is 11.6. The van der Waals surface area contributed by atoms with E-state index < -0.39 is 21.5 Å². The first-order valence-electron chi connectivity index (χ1n) is 5.32. The molecule has 0 aromatic heterocycles. The lowest BCUT2D eigenvalue weighted by molar-refractivity contribution is -0.140. The lowest BCUT2D eigenvalue weighted by atomic mass is 10.1. The Bertz CT molecular complexity index is 350. The van der Waals surface area contributed by atoms with Crippen LogP contribution in [0.3, 0.4) is 0 Å². The van der Waals surface area contributed by atoms with E-state index in [0.29, 0.717) is 0 Å². The summed E-state index contributed by atoms with van der Waals surface area (Å²) in [5.41, 5.74) is -0.843. The van der Waals surface area contributed by atoms with Gasteiger partial charge in [-0.2, -0.15) is 4.31 Å². The van der Waals surface area contributed by atoms with Gasteiger partial charge < -0.3 is 9.84 Å². The molecule has 17 heavy (non-hydrogen) atoms. The Hall–Kier alpha value is -0.660. The molecule has 0 aliphatic heterocycles. The molecule has 0 unspecified atom stereocenters. The summed E-state index contributed by atoms with van der Waals surface area (Å²) in [6.45, 7) is 3.00. The smallest absolute Gasteiger partial charge is 0.305 e. The van der Waals surface area contributed by atoms with E-state index in [-0.39, 0.29) is 25.2 Å². The second-order valence-electron chi connectivity index (χ2n) is 4.43. The Kier molecular flexibility index (Phi) is 6.08. The SMILES string of the molecule is COC(=O)CCCS(=O)(=O)N(C)C(C)(C)CO. The van der Waals surface area contributed by atoms with Gasteiger partial charge in [0.05, 0.1) is 25.0 Å². The van der Waals surface area contributed by atoms with Gasteiger partial charge in [0.15, 0.2) is 0 Å². The molecule has 102 valence electrons. The maximum absolute atomic E-state index is 11.9. The van der Waals surface area contributed by atoms with Crippen molar-refractivity contribution < 1.29 is 23.1 Å². The van der Waals surface area contributed by atoms with Gasteiger partial charge in [-0.25, -0.2) is 8.42 Å². The third kappa shape index (κ3) is 5.01. The standard InChI is InChI=1S/C10H21NO5S/c1-10(2,8-12)11(3)17(14,15)7-5-6-9(13)16-4/h12H,5-8H2,1-4H3. The average Bonchev–Trinajstić information content (AvgIpc) is 2.27. The maximum atomic E-state index is 11.9. The van der Waals surface area contributed by atoms with Gasteiger partial charge in [0, 0.05) is 13.5 Å². The molecule has 0 atom stereocenters. The molecule has 0 aliphatic rings. The molecule has 0 radical (unpaired) electrons. The number of rotatable bonds is 7. The lowest BCUT2D eigenvalue weighted by Crippen LogP contribution is -2.48. The Balaban J connectivity index is 4.44. The summed E-state index contributed by atoms with van der Waals surface area (Å²) >= 11 is 0. The summed E-state index contributed by atoms with van der Waals surface area (Å²) in [6.07, 6.45) is 0.282. The first kappa shape index (κ1) is 16.3. The summed E-state index contributed by atoms with van der Waals surface area (Å²) in [7, 11) is -0.786. The predicted octanol–water partition coefficient (Wildman–Crippen LogP) is -0.0279. The van der Waals surface area contributed by atoms with Gasteiger partial charge in [-0.15, -0.1) is 0 Å². The van der Waals surface area contributed by atoms with Crippen LogP contribution in [-0.2, 0) is 19.6 Å². The summed E-state index contributed by atoms with van der Waals surface area (Å²) in [6, 6.07) is 0. The van der Waals surface area contributed by atoms with Gasteiger partial charge in [-0.3, -0.25) is 4.79 Å². The number of carbonyl (C=O) groups is 1. The van der Waals surface area contributed by atoms with Crippen LogP contribution in [-0.4, -0.2) is 55.9 Å². The highest BCUT2D eigenvalue weighted by atomic mass is 32.2. The van der Waals surface area contributed by atoms with Gasteiger partial charge in [0.2, 0.25) is 10.0 Å². The molecular formula is C10H21NO5S. The molecule has 0 amide bonds. The minimum atomic E-state index is -3.47. The number of carbonyl (C=O) groups excluding carboxylic acids is 1. The average molecular weight is 267 g/mol. The third-order valence-electron chi connectivity index (χ3n) is 2.67. The minimum Gasteiger partial charge on any atom is -0.469 e. The van der Waals surface area contributed by atoms with Gasteiger partial charge in [-0.05, 0) is 20.3 Å². The molecule has 1 N–H and O–H groups in total. The molecule has 0 fully saturated rings. The van der Waals surface area contributed by atoms with E-state index in [4.69, 9.17) is 5.11 Å². The molecular weight excluding hydrogens is 246 g/mol. The van der Waals surface area contributed by atoms with Crippen LogP contribution in [0.4, 0.5) is 0 Å². The highest BCUT2D eigenvalue weighted by molar-refractivity contribution is 7.89. The fourth-order valence-electron chi connectivity index (χ4n) is 1.11. The maximum Gasteiger partial charge on any atom is 0.305 e. The molecule has 6 nitrogen and oxygen atoms in total. The summed E-state index contributed by atoms with van der Waals surface area (Å²) in [5.74, 6) is -0.563. The number of aliphatic hydroxyl groups is 1. The monoisotopic (exact) mass is 267 g/mol. The first-order valence-corrected chi connectivity index (χ1v) is 6.92. The van der Waals surface area contributed by atoms with Crippen LogP contribution in [0.5, 0.6) is 0 Å². The van der Waals surface area contributed by atoms with Crippen molar-refractivity contribution in [3.63, 3.8) is 0 Å². The topological polar surface area (TPSA) is 83.9 Å². The van der Waals surface area contributed by atoms with E-state index in [1.54, 1.807) is 13.8 Å². The van der Waals surface area contributed by atoms with Crippen molar-refractivity contribution >= 4 is 16.0 Å². The first-order chi connectivity index (χ1) is 7.67. The molecule has 0 aromatic carbocycles. The highest BCUT2D eigenvalue weighted by Gasteiger charge is 2.31. The van der Waals surface area contributed by atoms with Crippen molar-refractivity contribution in [2.45, 2.75) is 32.2 Å². The molecule has 0 aromatic rings. The second-order valence-corrected chi connectivity index (χ2v) is 6.55. The van der Waals surface area contributed by atoms with Crippen molar-refractivity contribution in [1.29, 1.82) is 0 Å². The fraction of sp³-hybridized carbons (Fsp3) is 0.900. The van der Waals surface area contributed by atoms with Crippen LogP contribution in [0.15, 0.2) is 0 Å². The highest BCUT2D eigenvalue weighted by Crippen LogP contribution is 2.17. The van der Waals surface area contributed by atoms with Gasteiger partial charge >= 0.3 is 5.97 Å². The molecule has 0 bridgehead atoms. The van der Waals surface area contributed by atoms with E-state index in [0.717, 1.165) is 4.31 Å². The number of hydrogen-bond donors (Lipinski definition) is 1. The van der Waals surface area contributed by atoms with Gasteiger partial charge in [0.25, 0.3) is 0 Å². The minimum absolute atomic E-state index is 0.0725. The summed E-state index contributed by atoms with van der Waals surface area (Å²) in [4.78, 5) is 10.8. The van der Waals surface area contributed by atoms with Crippen LogP contribution in [0.25, 0.3) is 0 Å². The van der Waals surface area contributed by atoms with E-state index in [9.17, 15) is 13.2 Å². The molecule has 0 rings (SSSR count). The van der Waals surface area contributed by atoms with Gasteiger partial charge in [-0.1, -0.05) is 0 Å². The number of likely N-dealkylation sites (N-methyl/N-ethyl adjacent to an activating group) is 1. The van der Waals surface area contributed by atoms with Crippen molar-refractivity contribution in [2.75, 3.05) is 26.5 Å². The largest absolute Gasteiger partial charge is 0.469 e. The van der Waals surface area contributed by atoms with Crippen LogP contribution >= 0.6 is 0 Å². The van der Waals surface area contributed by atoms with E-state index in [1.807, 2.05) is 0 Å². The number of hydrogen-bond acceptors (Lipinski definition) is 5. The molecule has 7 heteroatoms. The van der Waals surface area contributed by atoms with Crippen LogP contribution in [0.1, 0.15) is 26.7 Å². The Morgan fingerprint density at radius 2 is 1.94 bits per heavy atom. The van der Waals surface area contributed by atoms with Gasteiger partial charge in [0.1, 0.15) is 0 Å². The number of aliphatic hydroxyl groups excluding tert-OH is 1. The number of ether oxygens (including phenoxy) is 1. The molecule has 0 aliphatic carbocycles. The molecule has 0 saturated heterocycles. The fourth-order valence-corrected chi connectivity index (χ4v) is 2.71. The molecule has 0 spiro atoms. The zero-order chi connectivity index (χ0) is 13.7. The Labute approximate surface area is 103 Å². The normalized spacial score (nSPS) is 12.8. The Morgan fingerprint density at radius 1 is 1.41 bits per heavy atom. The zero-order valence-electron chi connectivity index (χ0n) is 10.8. The number of sulfonamides is 1. The Morgan fingerprint density at radius 3 is 2.35 bits per heavy atom. The number of methoxy groups -OCH3 is 1. The van der Waals surface area contributed by atoms with E-state index in [2.05, 4.69) is 4.74 Å². The quantitative estimate of drug-likeness (QED) is 0.655. The molecule has 0 saturated carbocycles. The number of nitrogens with zero attached hydrogens (tertiary/aromatic N) is 1. The third-order valence-corrected chi connectivity index (χ3v) is 4.80. The van der Waals surface area contributed by atoms with Crippen molar-refractivity contribution in [3.8, 4) is 0 Å². The van der Waals surface area contributed by atoms with Crippen molar-refractivity contribution in [1.82, 2.24) is 4.31 Å². The van der Waals surface area contributed by atoms with Crippen LogP contribution in [0, 0.1) is 0 Å². The molecule has 0 heterocycles. The van der Waals surface area contributed by atoms with Crippen molar-refractivity contribution in [3.05, 3.63) is 0 Å². The second kappa shape index (κ2) is 6.32. The van der Waals surface area contributed by atoms with Crippen molar-refractivity contribution in [2.24, 2.45) is 0 Å². The predicted molar refractivity (Wildman–Crippen MR) is 64.0 cm³/mol. The summed E-state index contributed by atoms with van der Waals surface area (Å²) in [5, 5.41) is 9.10. The van der Waals surface area contributed by atoms with E-state index >= 15 is 0 Å². The van der Waals surface area contributed by atoms with Crippen LogP contribution < -0.4 is 0 Å². The lowest BCUT2D eigenvalue weighted by Gasteiger charge is -2.32. The number of esters is 1. The van der Waals surface area contributed by atoms with Crippen LogP contribution in [0.2, 0.25) is 0 Å².